The molecule has 2 aromatic carbocycles. The molecule has 2 N–H and O–H groups in total. The van der Waals surface area contributed by atoms with Crippen molar-refractivity contribution in [1.82, 2.24) is 10.3 Å². The topological polar surface area (TPSA) is 74.3 Å². The number of anilines is 2. The Morgan fingerprint density at radius 3 is 2.31 bits per heavy atom. The van der Waals surface area contributed by atoms with Gasteiger partial charge in [0.2, 0.25) is 5.91 Å². The number of pyridine rings is 1. The van der Waals surface area contributed by atoms with Gasteiger partial charge in [0.25, 0.3) is 0 Å². The van der Waals surface area contributed by atoms with Crippen LogP contribution in [0.25, 0.3) is 0 Å². The first-order valence-corrected chi connectivity index (χ1v) is 9.45. The number of rotatable bonds is 6. The number of halogens is 1. The molecule has 3 aromatic rings. The number of nitrogens with zero attached hydrogens (tertiary/aromatic N) is 2. The van der Waals surface area contributed by atoms with Gasteiger partial charge in [-0.3, -0.25) is 4.79 Å². The number of likely N-dealkylation sites (N-methyl/N-ethyl adjacent to an activating group) is 1. The zero-order chi connectivity index (χ0) is 20.6. The fourth-order valence-corrected chi connectivity index (χ4v) is 2.78. The molecule has 29 heavy (non-hydrogen) atoms. The third-order valence-electron chi connectivity index (χ3n) is 4.33. The smallest absolute Gasteiger partial charge is 0.319 e. The highest BCUT2D eigenvalue weighted by Gasteiger charge is 2.11. The van der Waals surface area contributed by atoms with Gasteiger partial charge < -0.3 is 15.5 Å². The molecule has 1 aromatic heterocycles. The minimum Gasteiger partial charge on any atom is -0.334 e. The van der Waals surface area contributed by atoms with E-state index in [0.717, 1.165) is 16.8 Å². The van der Waals surface area contributed by atoms with Crippen LogP contribution in [0.1, 0.15) is 11.1 Å². The lowest BCUT2D eigenvalue weighted by molar-refractivity contribution is -0.117. The van der Waals surface area contributed by atoms with Crippen LogP contribution in [-0.2, 0) is 17.8 Å². The molecule has 1 heterocycles. The van der Waals surface area contributed by atoms with Gasteiger partial charge in [-0.2, -0.15) is 0 Å². The quantitative estimate of drug-likeness (QED) is 0.598. The second-order valence-corrected chi connectivity index (χ2v) is 6.85. The van der Waals surface area contributed by atoms with Gasteiger partial charge in [-0.15, -0.1) is 0 Å². The molecule has 0 aliphatic rings. The van der Waals surface area contributed by atoms with Crippen molar-refractivity contribution in [2.75, 3.05) is 17.3 Å². The molecule has 0 atom stereocenters. The maximum absolute atomic E-state index is 12.4. The van der Waals surface area contributed by atoms with E-state index in [4.69, 9.17) is 11.6 Å². The van der Waals surface area contributed by atoms with Gasteiger partial charge in [-0.1, -0.05) is 48.0 Å². The van der Waals surface area contributed by atoms with Crippen molar-refractivity contribution in [3.8, 4) is 0 Å². The van der Waals surface area contributed by atoms with Crippen molar-refractivity contribution in [3.05, 3.63) is 89.2 Å². The molecule has 3 amide bonds. The Hall–Kier alpha value is -3.38. The summed E-state index contributed by atoms with van der Waals surface area (Å²) in [6.07, 6.45) is 1.89. The predicted octanol–water partition coefficient (Wildman–Crippen LogP) is 4.26. The molecule has 6 nitrogen and oxygen atoms in total. The van der Waals surface area contributed by atoms with E-state index in [1.807, 2.05) is 42.5 Å². The van der Waals surface area contributed by atoms with E-state index in [1.54, 1.807) is 42.4 Å². The molecule has 0 spiro atoms. The van der Waals surface area contributed by atoms with Crippen LogP contribution in [0.2, 0.25) is 5.15 Å². The number of benzene rings is 2. The van der Waals surface area contributed by atoms with Gasteiger partial charge in [0, 0.05) is 31.2 Å². The first-order valence-electron chi connectivity index (χ1n) is 9.07. The van der Waals surface area contributed by atoms with Crippen LogP contribution in [-0.4, -0.2) is 24.0 Å². The van der Waals surface area contributed by atoms with E-state index < -0.39 is 0 Å². The number of hydrogen-bond acceptors (Lipinski definition) is 3. The lowest BCUT2D eigenvalue weighted by Gasteiger charge is -2.17. The first kappa shape index (κ1) is 20.4. The number of urea groups is 1. The molecule has 0 aliphatic heterocycles. The summed E-state index contributed by atoms with van der Waals surface area (Å²) in [5, 5.41) is 5.92. The van der Waals surface area contributed by atoms with Gasteiger partial charge in [0.05, 0.1) is 6.42 Å². The minimum absolute atomic E-state index is 0.00812. The van der Waals surface area contributed by atoms with Crippen molar-refractivity contribution in [2.45, 2.75) is 13.0 Å². The van der Waals surface area contributed by atoms with Crippen molar-refractivity contribution in [3.63, 3.8) is 0 Å². The summed E-state index contributed by atoms with van der Waals surface area (Å²) in [6.45, 7) is 0.342. The molecule has 3 rings (SSSR count). The second-order valence-electron chi connectivity index (χ2n) is 6.46. The molecule has 0 saturated heterocycles. The van der Waals surface area contributed by atoms with Gasteiger partial charge >= 0.3 is 6.03 Å². The van der Waals surface area contributed by atoms with Crippen molar-refractivity contribution in [2.24, 2.45) is 0 Å². The molecular formula is C22H21ClN4O2. The van der Waals surface area contributed by atoms with E-state index >= 15 is 0 Å². The Labute approximate surface area is 174 Å². The Balaban J connectivity index is 1.49. The molecule has 0 fully saturated rings. The molecule has 0 radical (unpaired) electrons. The number of aromatic nitrogens is 1. The standard InChI is InChI=1S/C22H21ClN4O2/c1-27(19-5-3-2-4-6-19)21(28)13-16-7-10-18(11-8-16)26-22(29)25-15-17-9-12-20(23)24-14-17/h2-12,14H,13,15H2,1H3,(H2,25,26,29). The van der Waals surface area contributed by atoms with Crippen LogP contribution in [0, 0.1) is 0 Å². The minimum atomic E-state index is -0.326. The SMILES string of the molecule is CN(C(=O)Cc1ccc(NC(=O)NCc2ccc(Cl)nc2)cc1)c1ccccc1. The lowest BCUT2D eigenvalue weighted by Crippen LogP contribution is -2.28. The van der Waals surface area contributed by atoms with Crippen LogP contribution in [0.15, 0.2) is 72.9 Å². The largest absolute Gasteiger partial charge is 0.334 e. The maximum Gasteiger partial charge on any atom is 0.319 e. The Bertz CT molecular complexity index is 960. The summed E-state index contributed by atoms with van der Waals surface area (Å²) in [5.41, 5.74) is 3.21. The van der Waals surface area contributed by atoms with Crippen LogP contribution >= 0.6 is 11.6 Å². The van der Waals surface area contributed by atoms with Gasteiger partial charge in [-0.05, 0) is 41.5 Å². The number of carbonyl (C=O) groups is 2. The molecule has 7 heteroatoms. The van der Waals surface area contributed by atoms with Gasteiger partial charge in [-0.25, -0.2) is 9.78 Å². The molecular weight excluding hydrogens is 388 g/mol. The van der Waals surface area contributed by atoms with Crippen molar-refractivity contribution in [1.29, 1.82) is 0 Å². The van der Waals surface area contributed by atoms with Crippen LogP contribution in [0.4, 0.5) is 16.2 Å². The summed E-state index contributed by atoms with van der Waals surface area (Å²) in [5.74, 6) is -0.00812. The third kappa shape index (κ3) is 6.05. The molecule has 0 unspecified atom stereocenters. The van der Waals surface area contributed by atoms with E-state index in [9.17, 15) is 9.59 Å². The highest BCUT2D eigenvalue weighted by atomic mass is 35.5. The van der Waals surface area contributed by atoms with Crippen molar-refractivity contribution < 1.29 is 9.59 Å². The zero-order valence-corrected chi connectivity index (χ0v) is 16.7. The highest BCUT2D eigenvalue weighted by molar-refractivity contribution is 6.29. The Morgan fingerprint density at radius 2 is 1.66 bits per heavy atom. The molecule has 0 bridgehead atoms. The van der Waals surface area contributed by atoms with Gasteiger partial charge in [0.15, 0.2) is 0 Å². The first-order chi connectivity index (χ1) is 14.0. The fraction of sp³-hybridized carbons (Fsp3) is 0.136. The van der Waals surface area contributed by atoms with E-state index in [1.165, 1.54) is 0 Å². The zero-order valence-electron chi connectivity index (χ0n) is 15.9. The number of carbonyl (C=O) groups excluding carboxylic acids is 2. The van der Waals surface area contributed by atoms with E-state index in [0.29, 0.717) is 17.4 Å². The van der Waals surface area contributed by atoms with Crippen molar-refractivity contribution >= 4 is 34.9 Å². The normalized spacial score (nSPS) is 10.3. The predicted molar refractivity (Wildman–Crippen MR) is 115 cm³/mol. The van der Waals surface area contributed by atoms with E-state index in [-0.39, 0.29) is 18.4 Å². The van der Waals surface area contributed by atoms with Crippen LogP contribution < -0.4 is 15.5 Å². The average Bonchev–Trinajstić information content (AvgIpc) is 2.75. The molecule has 0 aliphatic carbocycles. The summed E-state index contributed by atoms with van der Waals surface area (Å²) in [7, 11) is 1.76. The maximum atomic E-state index is 12.4. The second kappa shape index (κ2) is 9.71. The molecule has 148 valence electrons. The van der Waals surface area contributed by atoms with E-state index in [2.05, 4.69) is 15.6 Å². The number of para-hydroxylation sites is 1. The van der Waals surface area contributed by atoms with Gasteiger partial charge in [0.1, 0.15) is 5.15 Å². The third-order valence-corrected chi connectivity index (χ3v) is 4.55. The summed E-state index contributed by atoms with van der Waals surface area (Å²) < 4.78 is 0. The average molecular weight is 409 g/mol. The number of nitrogens with one attached hydrogen (secondary N) is 2. The Kier molecular flexibility index (Phi) is 6.81. The van der Waals surface area contributed by atoms with Crippen LogP contribution in [0.3, 0.4) is 0 Å². The lowest BCUT2D eigenvalue weighted by atomic mass is 10.1. The number of hydrogen-bond donors (Lipinski definition) is 2. The number of amides is 3. The monoisotopic (exact) mass is 408 g/mol. The summed E-state index contributed by atoms with van der Waals surface area (Å²) in [6, 6.07) is 19.8. The molecule has 0 saturated carbocycles. The summed E-state index contributed by atoms with van der Waals surface area (Å²) >= 11 is 5.74. The highest BCUT2D eigenvalue weighted by Crippen LogP contribution is 2.15. The summed E-state index contributed by atoms with van der Waals surface area (Å²) in [4.78, 5) is 30.1. The van der Waals surface area contributed by atoms with Crippen LogP contribution in [0.5, 0.6) is 0 Å². The Morgan fingerprint density at radius 1 is 0.966 bits per heavy atom. The fourth-order valence-electron chi connectivity index (χ4n) is 2.66.